The number of ether oxygens (including phenoxy) is 1. The molecular formula is C23H18Cl2F6N2O4. The van der Waals surface area contributed by atoms with Crippen molar-refractivity contribution in [3.63, 3.8) is 0 Å². The molecule has 0 spiro atoms. The molecule has 2 atom stereocenters. The number of methoxy groups -OCH3 is 1. The van der Waals surface area contributed by atoms with Crippen molar-refractivity contribution in [3.8, 4) is 0 Å². The molecule has 0 radical (unpaired) electrons. The molecule has 0 aliphatic carbocycles. The van der Waals surface area contributed by atoms with Gasteiger partial charge in [-0.1, -0.05) is 34.4 Å². The van der Waals surface area contributed by atoms with Crippen LogP contribution in [-0.2, 0) is 26.1 Å². The summed E-state index contributed by atoms with van der Waals surface area (Å²) in [6.07, 6.45) is -11.3. The Morgan fingerprint density at radius 3 is 2.32 bits per heavy atom. The van der Waals surface area contributed by atoms with Crippen molar-refractivity contribution in [1.29, 1.82) is 0 Å². The average Bonchev–Trinajstić information content (AvgIpc) is 3.26. The summed E-state index contributed by atoms with van der Waals surface area (Å²) in [7, 11) is 1.15. The molecular weight excluding hydrogens is 553 g/mol. The zero-order chi connectivity index (χ0) is 27.9. The number of nitrogens with zero attached hydrogens (tertiary/aromatic N) is 1. The van der Waals surface area contributed by atoms with Gasteiger partial charge in [0.25, 0.3) is 11.5 Å². The molecule has 0 saturated heterocycles. The number of carbonyl (C=O) groups is 2. The summed E-state index contributed by atoms with van der Waals surface area (Å²) in [6, 6.07) is 3.91. The summed E-state index contributed by atoms with van der Waals surface area (Å²) >= 11 is 11.3. The van der Waals surface area contributed by atoms with Crippen LogP contribution >= 0.6 is 23.2 Å². The normalized spacial score (nSPS) is 18.6. The van der Waals surface area contributed by atoms with E-state index in [1.165, 1.54) is 32.0 Å². The van der Waals surface area contributed by atoms with Crippen molar-refractivity contribution in [2.45, 2.75) is 44.3 Å². The second-order valence-corrected chi connectivity index (χ2v) is 8.98. The summed E-state index contributed by atoms with van der Waals surface area (Å²) < 4.78 is 87.5. The average molecular weight is 571 g/mol. The first-order valence-electron chi connectivity index (χ1n) is 10.4. The Morgan fingerprint density at radius 1 is 1.14 bits per heavy atom. The van der Waals surface area contributed by atoms with Crippen LogP contribution in [0.3, 0.4) is 0 Å². The van der Waals surface area contributed by atoms with Crippen LogP contribution in [0.25, 0.3) is 0 Å². The number of benzene rings is 2. The SMILES string of the molecule is COC(=O)[C@@H](C)NC(=O)c1ccc(C2=NO[C@@](c3cc(Cl)c(Cl)c(C(F)(F)F)c3)(C(F)(F)F)C2)cc1C. The molecule has 0 fully saturated rings. The number of alkyl halides is 6. The molecule has 14 heteroatoms. The number of oxime groups is 1. The molecule has 37 heavy (non-hydrogen) atoms. The van der Waals surface area contributed by atoms with Crippen LogP contribution in [-0.4, -0.2) is 36.9 Å². The highest BCUT2D eigenvalue weighted by molar-refractivity contribution is 6.42. The second kappa shape index (κ2) is 10.1. The molecule has 2 aromatic rings. The van der Waals surface area contributed by atoms with Gasteiger partial charge in [0.1, 0.15) is 6.04 Å². The number of carbonyl (C=O) groups excluding carboxylic acids is 2. The summed E-state index contributed by atoms with van der Waals surface area (Å²) in [5.74, 6) is -1.31. The first-order valence-corrected chi connectivity index (χ1v) is 11.2. The molecule has 0 bridgehead atoms. The lowest BCUT2D eigenvalue weighted by molar-refractivity contribution is -0.276. The van der Waals surface area contributed by atoms with Gasteiger partial charge in [-0.2, -0.15) is 26.3 Å². The molecule has 1 heterocycles. The topological polar surface area (TPSA) is 77.0 Å². The maximum absolute atomic E-state index is 14.3. The van der Waals surface area contributed by atoms with Crippen LogP contribution in [0.15, 0.2) is 35.5 Å². The van der Waals surface area contributed by atoms with E-state index < -0.39 is 63.5 Å². The third kappa shape index (κ3) is 5.49. The molecule has 3 rings (SSSR count). The number of amides is 1. The minimum absolute atomic E-state index is 0.125. The van der Waals surface area contributed by atoms with Gasteiger partial charge >= 0.3 is 18.3 Å². The lowest BCUT2D eigenvalue weighted by atomic mass is 9.85. The fourth-order valence-corrected chi connectivity index (χ4v) is 4.13. The van der Waals surface area contributed by atoms with E-state index in [4.69, 9.17) is 28.0 Å². The Kier molecular flexibility index (Phi) is 7.76. The van der Waals surface area contributed by atoms with Gasteiger partial charge in [0.05, 0.1) is 28.4 Å². The number of hydrogen-bond donors (Lipinski definition) is 1. The van der Waals surface area contributed by atoms with Crippen LogP contribution in [0.2, 0.25) is 10.0 Å². The zero-order valence-electron chi connectivity index (χ0n) is 19.3. The van der Waals surface area contributed by atoms with Gasteiger partial charge < -0.3 is 14.9 Å². The summed E-state index contributed by atoms with van der Waals surface area (Å²) in [6.45, 7) is 2.91. The molecule has 200 valence electrons. The van der Waals surface area contributed by atoms with Gasteiger partial charge in [-0.3, -0.25) is 4.79 Å². The minimum Gasteiger partial charge on any atom is -0.467 e. The predicted molar refractivity (Wildman–Crippen MR) is 122 cm³/mol. The maximum Gasteiger partial charge on any atom is 0.435 e. The highest BCUT2D eigenvalue weighted by Crippen LogP contribution is 2.51. The molecule has 0 unspecified atom stereocenters. The Bertz CT molecular complexity index is 1280. The van der Waals surface area contributed by atoms with Crippen LogP contribution in [0.1, 0.15) is 46.0 Å². The first kappa shape index (κ1) is 28.6. The minimum atomic E-state index is -5.20. The largest absolute Gasteiger partial charge is 0.467 e. The van der Waals surface area contributed by atoms with Gasteiger partial charge in [-0.25, -0.2) is 4.79 Å². The monoisotopic (exact) mass is 570 g/mol. The quantitative estimate of drug-likeness (QED) is 0.343. The van der Waals surface area contributed by atoms with Crippen LogP contribution in [0.4, 0.5) is 26.3 Å². The Hall–Kier alpha value is -2.99. The molecule has 2 aromatic carbocycles. The van der Waals surface area contributed by atoms with E-state index in [1.54, 1.807) is 0 Å². The molecule has 6 nitrogen and oxygen atoms in total. The number of nitrogens with one attached hydrogen (secondary N) is 1. The van der Waals surface area contributed by atoms with Gasteiger partial charge in [-0.15, -0.1) is 0 Å². The van der Waals surface area contributed by atoms with Gasteiger partial charge in [0, 0.05) is 17.5 Å². The van der Waals surface area contributed by atoms with Crippen molar-refractivity contribution < 1.29 is 45.5 Å². The van der Waals surface area contributed by atoms with E-state index >= 15 is 0 Å². The van der Waals surface area contributed by atoms with Crippen molar-refractivity contribution in [2.75, 3.05) is 7.11 Å². The number of hydrogen-bond acceptors (Lipinski definition) is 5. The van der Waals surface area contributed by atoms with Crippen molar-refractivity contribution in [3.05, 3.63) is 68.2 Å². The van der Waals surface area contributed by atoms with E-state index in [0.29, 0.717) is 11.6 Å². The van der Waals surface area contributed by atoms with Gasteiger partial charge in [0.2, 0.25) is 0 Å². The number of halogens is 8. The second-order valence-electron chi connectivity index (χ2n) is 8.20. The van der Waals surface area contributed by atoms with Gasteiger partial charge in [-0.05, 0) is 49.2 Å². The van der Waals surface area contributed by atoms with E-state index in [-0.39, 0.29) is 22.9 Å². The third-order valence-electron chi connectivity index (χ3n) is 5.69. The van der Waals surface area contributed by atoms with Crippen LogP contribution < -0.4 is 5.32 Å². The fourth-order valence-electron chi connectivity index (χ4n) is 3.70. The third-order valence-corrected chi connectivity index (χ3v) is 6.49. The highest BCUT2D eigenvalue weighted by atomic mass is 35.5. The zero-order valence-corrected chi connectivity index (χ0v) is 20.8. The maximum atomic E-state index is 14.3. The smallest absolute Gasteiger partial charge is 0.435 e. The molecule has 1 aliphatic heterocycles. The lowest BCUT2D eigenvalue weighted by Gasteiger charge is -2.30. The van der Waals surface area contributed by atoms with Crippen LogP contribution in [0.5, 0.6) is 0 Å². The van der Waals surface area contributed by atoms with Crippen molar-refractivity contribution in [2.24, 2.45) is 5.16 Å². The fraction of sp³-hybridized carbons (Fsp3) is 0.348. The van der Waals surface area contributed by atoms with E-state index in [0.717, 1.165) is 7.11 Å². The number of aryl methyl sites for hydroxylation is 1. The summed E-state index contributed by atoms with van der Waals surface area (Å²) in [5.41, 5.74) is -5.38. The highest BCUT2D eigenvalue weighted by Gasteiger charge is 2.63. The van der Waals surface area contributed by atoms with Crippen molar-refractivity contribution in [1.82, 2.24) is 5.32 Å². The van der Waals surface area contributed by atoms with Crippen molar-refractivity contribution >= 4 is 40.8 Å². The summed E-state index contributed by atoms with van der Waals surface area (Å²) in [4.78, 5) is 28.8. The Balaban J connectivity index is 1.96. The van der Waals surface area contributed by atoms with Crippen LogP contribution in [0, 0.1) is 6.92 Å². The first-order chi connectivity index (χ1) is 17.0. The summed E-state index contributed by atoms with van der Waals surface area (Å²) in [5, 5.41) is 4.27. The molecule has 0 saturated carbocycles. The Morgan fingerprint density at radius 2 is 1.78 bits per heavy atom. The molecule has 1 N–H and O–H groups in total. The standard InChI is InChI=1S/C23H18Cl2F6N2O4/c1-10-6-12(4-5-14(10)19(34)32-11(2)20(35)36-3)17-9-21(37-33-17,23(29,30)31)13-7-15(22(26,27)28)18(25)16(24)8-13/h4-8,11H,9H2,1-3H3,(H,32,34)/t11-,21+/m1/s1. The van der Waals surface area contributed by atoms with E-state index in [9.17, 15) is 35.9 Å². The predicted octanol–water partition coefficient (Wildman–Crippen LogP) is 6.19. The van der Waals surface area contributed by atoms with E-state index in [2.05, 4.69) is 15.2 Å². The molecule has 0 aromatic heterocycles. The Labute approximate surface area is 216 Å². The number of rotatable bonds is 5. The molecule has 1 aliphatic rings. The van der Waals surface area contributed by atoms with E-state index in [1.807, 2.05) is 0 Å². The van der Waals surface area contributed by atoms with Gasteiger partial charge in [0.15, 0.2) is 0 Å². The lowest BCUT2D eigenvalue weighted by Crippen LogP contribution is -2.43. The molecule has 1 amide bonds. The number of esters is 1.